The lowest BCUT2D eigenvalue weighted by Crippen LogP contribution is -2.47. The van der Waals surface area contributed by atoms with Gasteiger partial charge in [-0.3, -0.25) is 0 Å². The van der Waals surface area contributed by atoms with Gasteiger partial charge in [-0.05, 0) is 22.0 Å². The highest BCUT2D eigenvalue weighted by Gasteiger charge is 2.19. The molecule has 0 amide bonds. The van der Waals surface area contributed by atoms with Gasteiger partial charge in [-0.25, -0.2) is 15.0 Å². The monoisotopic (exact) mass is 337 g/mol. The fourth-order valence-electron chi connectivity index (χ4n) is 2.22. The molecule has 0 aromatic carbocycles. The summed E-state index contributed by atoms with van der Waals surface area (Å²) >= 11 is 3.32. The van der Waals surface area contributed by atoms with Gasteiger partial charge in [0, 0.05) is 56.5 Å². The van der Waals surface area contributed by atoms with Gasteiger partial charge in [0.15, 0.2) is 0 Å². The fraction of sp³-hybridized carbons (Fsp3) is 0.308. The Morgan fingerprint density at radius 1 is 1.00 bits per heavy atom. The molecule has 0 aliphatic carbocycles. The fourth-order valence-corrected chi connectivity index (χ4v) is 2.43. The van der Waals surface area contributed by atoms with Gasteiger partial charge in [0.25, 0.3) is 0 Å². The number of nitrogens with zero attached hydrogens (tertiary/aromatic N) is 5. The van der Waals surface area contributed by atoms with Crippen molar-refractivity contribution < 1.29 is 4.39 Å². The van der Waals surface area contributed by atoms with Crippen molar-refractivity contribution in [2.24, 2.45) is 0 Å². The Hall–Kier alpha value is -1.76. The Morgan fingerprint density at radius 2 is 1.65 bits per heavy atom. The minimum absolute atomic E-state index is 0.443. The summed E-state index contributed by atoms with van der Waals surface area (Å²) in [6.07, 6.45) is 4.98. The van der Waals surface area contributed by atoms with Gasteiger partial charge in [0.2, 0.25) is 11.9 Å². The van der Waals surface area contributed by atoms with Crippen molar-refractivity contribution in [3.8, 4) is 0 Å². The first-order chi connectivity index (χ1) is 9.72. The van der Waals surface area contributed by atoms with E-state index in [0.717, 1.165) is 42.3 Å². The van der Waals surface area contributed by atoms with E-state index in [1.165, 1.54) is 12.3 Å². The topological polar surface area (TPSA) is 45.2 Å². The summed E-state index contributed by atoms with van der Waals surface area (Å²) in [4.78, 5) is 16.4. The number of pyridine rings is 1. The van der Waals surface area contributed by atoms with Crippen LogP contribution in [0.15, 0.2) is 35.2 Å². The molecule has 0 N–H and O–H groups in total. The first-order valence-electron chi connectivity index (χ1n) is 6.31. The van der Waals surface area contributed by atoms with Crippen LogP contribution in [0.5, 0.6) is 0 Å². The van der Waals surface area contributed by atoms with Crippen LogP contribution in [0.25, 0.3) is 0 Å². The molecule has 1 aliphatic rings. The standard InChI is InChI=1S/C13H13BrFN5/c14-10-8-17-13(18-9-10)20-5-3-19(4-6-20)11-1-2-16-12(15)7-11/h1-2,7-9H,3-6H2. The van der Waals surface area contributed by atoms with Crippen molar-refractivity contribution >= 4 is 27.6 Å². The van der Waals surface area contributed by atoms with E-state index in [-0.39, 0.29) is 0 Å². The molecular weight excluding hydrogens is 325 g/mol. The highest BCUT2D eigenvalue weighted by Crippen LogP contribution is 2.18. The number of anilines is 2. The number of rotatable bonds is 2. The summed E-state index contributed by atoms with van der Waals surface area (Å²) in [5.74, 6) is 0.287. The Bertz CT molecular complexity index is 584. The zero-order valence-electron chi connectivity index (χ0n) is 10.7. The maximum absolute atomic E-state index is 13.1. The average molecular weight is 338 g/mol. The Morgan fingerprint density at radius 3 is 2.30 bits per heavy atom. The van der Waals surface area contributed by atoms with Crippen molar-refractivity contribution in [2.75, 3.05) is 36.0 Å². The SMILES string of the molecule is Fc1cc(N2CCN(c3ncc(Br)cn3)CC2)ccn1. The molecule has 0 saturated carbocycles. The van der Waals surface area contributed by atoms with Crippen molar-refractivity contribution in [2.45, 2.75) is 0 Å². The van der Waals surface area contributed by atoms with Crippen LogP contribution in [-0.2, 0) is 0 Å². The molecule has 3 rings (SSSR count). The van der Waals surface area contributed by atoms with Crippen LogP contribution in [0.4, 0.5) is 16.0 Å². The van der Waals surface area contributed by atoms with Gasteiger partial charge in [-0.1, -0.05) is 0 Å². The second kappa shape index (κ2) is 5.70. The maximum Gasteiger partial charge on any atom is 0.225 e. The minimum atomic E-state index is -0.443. The molecule has 0 unspecified atom stereocenters. The van der Waals surface area contributed by atoms with Crippen LogP contribution < -0.4 is 9.80 Å². The van der Waals surface area contributed by atoms with Gasteiger partial charge >= 0.3 is 0 Å². The summed E-state index contributed by atoms with van der Waals surface area (Å²) in [6, 6.07) is 3.29. The smallest absolute Gasteiger partial charge is 0.225 e. The van der Waals surface area contributed by atoms with Crippen molar-refractivity contribution in [3.63, 3.8) is 0 Å². The minimum Gasteiger partial charge on any atom is -0.368 e. The highest BCUT2D eigenvalue weighted by molar-refractivity contribution is 9.10. The molecule has 5 nitrogen and oxygen atoms in total. The predicted octanol–water partition coefficient (Wildman–Crippen LogP) is 2.10. The first kappa shape index (κ1) is 13.2. The van der Waals surface area contributed by atoms with E-state index in [1.54, 1.807) is 12.4 Å². The second-order valence-electron chi connectivity index (χ2n) is 4.51. The first-order valence-corrected chi connectivity index (χ1v) is 7.11. The zero-order chi connectivity index (χ0) is 13.9. The Labute approximate surface area is 124 Å². The number of piperazine rings is 1. The predicted molar refractivity (Wildman–Crippen MR) is 78.4 cm³/mol. The summed E-state index contributed by atoms with van der Waals surface area (Å²) in [5.41, 5.74) is 0.869. The lowest BCUT2D eigenvalue weighted by atomic mass is 10.2. The maximum atomic E-state index is 13.1. The third kappa shape index (κ3) is 2.87. The number of aromatic nitrogens is 3. The van der Waals surface area contributed by atoms with E-state index in [1.807, 2.05) is 6.07 Å². The van der Waals surface area contributed by atoms with E-state index < -0.39 is 5.95 Å². The van der Waals surface area contributed by atoms with Gasteiger partial charge in [0.1, 0.15) is 0 Å². The molecule has 2 aromatic rings. The molecule has 0 bridgehead atoms. The molecular formula is C13H13BrFN5. The van der Waals surface area contributed by atoms with Gasteiger partial charge in [-0.2, -0.15) is 4.39 Å². The lowest BCUT2D eigenvalue weighted by molar-refractivity contribution is 0.580. The summed E-state index contributed by atoms with van der Waals surface area (Å²) < 4.78 is 14.0. The van der Waals surface area contributed by atoms with Gasteiger partial charge < -0.3 is 9.80 Å². The Balaban J connectivity index is 1.66. The molecule has 104 valence electrons. The molecule has 20 heavy (non-hydrogen) atoms. The Kier molecular flexibility index (Phi) is 3.77. The lowest BCUT2D eigenvalue weighted by Gasteiger charge is -2.35. The van der Waals surface area contributed by atoms with Gasteiger partial charge in [0.05, 0.1) is 4.47 Å². The van der Waals surface area contributed by atoms with Crippen LogP contribution in [0.2, 0.25) is 0 Å². The largest absolute Gasteiger partial charge is 0.368 e. The number of halogens is 2. The van der Waals surface area contributed by atoms with Crippen LogP contribution in [0, 0.1) is 5.95 Å². The van der Waals surface area contributed by atoms with Crippen molar-refractivity contribution in [1.29, 1.82) is 0 Å². The molecule has 1 fully saturated rings. The molecule has 1 aliphatic heterocycles. The molecule has 1 saturated heterocycles. The van der Waals surface area contributed by atoms with Gasteiger partial charge in [-0.15, -0.1) is 0 Å². The quantitative estimate of drug-likeness (QED) is 0.785. The van der Waals surface area contributed by atoms with Crippen LogP contribution >= 0.6 is 15.9 Å². The number of hydrogen-bond donors (Lipinski definition) is 0. The van der Waals surface area contributed by atoms with Crippen LogP contribution in [0.1, 0.15) is 0 Å². The van der Waals surface area contributed by atoms with E-state index >= 15 is 0 Å². The molecule has 7 heteroatoms. The third-order valence-electron chi connectivity index (χ3n) is 3.24. The molecule has 3 heterocycles. The molecule has 2 aromatic heterocycles. The van der Waals surface area contributed by atoms with E-state index in [9.17, 15) is 4.39 Å². The van der Waals surface area contributed by atoms with Crippen molar-refractivity contribution in [1.82, 2.24) is 15.0 Å². The highest BCUT2D eigenvalue weighted by atomic mass is 79.9. The second-order valence-corrected chi connectivity index (χ2v) is 5.43. The van der Waals surface area contributed by atoms with E-state index in [4.69, 9.17) is 0 Å². The van der Waals surface area contributed by atoms with E-state index in [2.05, 4.69) is 40.7 Å². The molecule has 0 spiro atoms. The summed E-state index contributed by atoms with van der Waals surface area (Å²) in [5, 5.41) is 0. The normalized spacial score (nSPS) is 15.5. The zero-order valence-corrected chi connectivity index (χ0v) is 12.3. The number of hydrogen-bond acceptors (Lipinski definition) is 5. The summed E-state index contributed by atoms with van der Waals surface area (Å²) in [6.45, 7) is 3.24. The van der Waals surface area contributed by atoms with Crippen molar-refractivity contribution in [3.05, 3.63) is 41.1 Å². The third-order valence-corrected chi connectivity index (χ3v) is 3.65. The summed E-state index contributed by atoms with van der Waals surface area (Å²) in [7, 11) is 0. The molecule has 0 radical (unpaired) electrons. The van der Waals surface area contributed by atoms with E-state index in [0.29, 0.717) is 0 Å². The van der Waals surface area contributed by atoms with Crippen LogP contribution in [-0.4, -0.2) is 41.1 Å². The van der Waals surface area contributed by atoms with Crippen LogP contribution in [0.3, 0.4) is 0 Å². The average Bonchev–Trinajstić information content (AvgIpc) is 2.48. The molecule has 0 atom stereocenters.